The molecule has 1 amide bonds. The van der Waals surface area contributed by atoms with Crippen molar-refractivity contribution in [1.29, 1.82) is 0 Å². The van der Waals surface area contributed by atoms with Crippen molar-refractivity contribution in [3.8, 4) is 0 Å². The van der Waals surface area contributed by atoms with Crippen LogP contribution >= 0.6 is 0 Å². The highest BCUT2D eigenvalue weighted by atomic mass is 16.6. The first-order chi connectivity index (χ1) is 10.6. The summed E-state index contributed by atoms with van der Waals surface area (Å²) >= 11 is 0. The van der Waals surface area contributed by atoms with Gasteiger partial charge in [0.25, 0.3) is 0 Å². The molecule has 0 bridgehead atoms. The number of alkyl carbamates (subject to hydrolysis) is 1. The molecule has 1 saturated heterocycles. The number of aliphatic hydroxyl groups is 1. The Morgan fingerprint density at radius 1 is 1.41 bits per heavy atom. The fourth-order valence-electron chi connectivity index (χ4n) is 3.05. The second kappa shape index (κ2) is 7.78. The molecular formula is C15H25NO6. The minimum atomic E-state index is -1.03. The van der Waals surface area contributed by atoms with Gasteiger partial charge in [-0.3, -0.25) is 4.79 Å². The molecule has 0 aromatic heterocycles. The fourth-order valence-corrected chi connectivity index (χ4v) is 3.05. The van der Waals surface area contributed by atoms with Crippen LogP contribution in [0.5, 0.6) is 0 Å². The summed E-state index contributed by atoms with van der Waals surface area (Å²) < 4.78 is 16.0. The molecule has 1 aliphatic heterocycles. The number of nitrogens with one attached hydrogen (secondary N) is 1. The molecule has 0 radical (unpaired) electrons. The van der Waals surface area contributed by atoms with Gasteiger partial charge in [0.05, 0.1) is 24.7 Å². The van der Waals surface area contributed by atoms with E-state index in [9.17, 15) is 14.7 Å². The summed E-state index contributed by atoms with van der Waals surface area (Å²) in [6.07, 6.45) is 0.413. The maximum Gasteiger partial charge on any atom is 0.407 e. The highest BCUT2D eigenvalue weighted by Crippen LogP contribution is 2.33. The van der Waals surface area contributed by atoms with Gasteiger partial charge >= 0.3 is 12.1 Å². The van der Waals surface area contributed by atoms with Crippen molar-refractivity contribution in [2.45, 2.75) is 63.9 Å². The number of hydrogen-bond donors (Lipinski definition) is 2. The van der Waals surface area contributed by atoms with Crippen molar-refractivity contribution >= 4 is 12.1 Å². The van der Waals surface area contributed by atoms with Crippen LogP contribution in [0.25, 0.3) is 0 Å². The first kappa shape index (κ1) is 17.0. The molecule has 7 heteroatoms. The molecule has 7 nitrogen and oxygen atoms in total. The quantitative estimate of drug-likeness (QED) is 0.537. The number of unbranched alkanes of at least 4 members (excludes halogenated alkanes) is 2. The normalized spacial score (nSPS) is 33.8. The van der Waals surface area contributed by atoms with Crippen molar-refractivity contribution in [1.82, 2.24) is 5.32 Å². The molecule has 1 heterocycles. The topological polar surface area (TPSA) is 94.1 Å². The zero-order valence-electron chi connectivity index (χ0n) is 13.1. The second-order valence-electron chi connectivity index (χ2n) is 5.75. The number of rotatable bonds is 7. The molecule has 2 rings (SSSR count). The Bertz CT molecular complexity index is 401. The Morgan fingerprint density at radius 2 is 2.18 bits per heavy atom. The van der Waals surface area contributed by atoms with E-state index in [4.69, 9.17) is 14.2 Å². The minimum absolute atomic E-state index is 0.251. The summed E-state index contributed by atoms with van der Waals surface area (Å²) in [4.78, 5) is 23.5. The van der Waals surface area contributed by atoms with Crippen molar-refractivity contribution in [2.24, 2.45) is 5.92 Å². The lowest BCUT2D eigenvalue weighted by molar-refractivity contribution is -0.172. The highest BCUT2D eigenvalue weighted by Gasteiger charge is 2.53. The van der Waals surface area contributed by atoms with Gasteiger partial charge in [0.2, 0.25) is 0 Å². The van der Waals surface area contributed by atoms with Gasteiger partial charge in [-0.15, -0.1) is 0 Å². The number of aliphatic hydroxyl groups excluding tert-OH is 1. The third-order valence-corrected chi connectivity index (χ3v) is 4.17. The van der Waals surface area contributed by atoms with Crippen LogP contribution in [0.4, 0.5) is 4.79 Å². The van der Waals surface area contributed by atoms with Gasteiger partial charge in [0.15, 0.2) is 6.10 Å². The molecule has 2 fully saturated rings. The number of carbonyl (C=O) groups excluding carboxylic acids is 2. The molecule has 2 N–H and O–H groups in total. The van der Waals surface area contributed by atoms with Crippen molar-refractivity contribution < 1.29 is 28.9 Å². The molecule has 0 aromatic carbocycles. The summed E-state index contributed by atoms with van der Waals surface area (Å²) in [6, 6.07) is -0.332. The number of carbonyl (C=O) groups is 2. The Balaban J connectivity index is 2.04. The van der Waals surface area contributed by atoms with E-state index in [1.807, 2.05) is 0 Å². The van der Waals surface area contributed by atoms with E-state index in [-0.39, 0.29) is 12.6 Å². The summed E-state index contributed by atoms with van der Waals surface area (Å²) in [5.41, 5.74) is 0. The lowest BCUT2D eigenvalue weighted by Gasteiger charge is -2.38. The molecule has 0 unspecified atom stereocenters. The van der Waals surface area contributed by atoms with Crippen LogP contribution in [0.15, 0.2) is 0 Å². The summed E-state index contributed by atoms with van der Waals surface area (Å²) in [5, 5.41) is 13.1. The van der Waals surface area contributed by atoms with Gasteiger partial charge in [-0.05, 0) is 19.8 Å². The predicted octanol–water partition coefficient (Wildman–Crippen LogP) is 0.983. The molecule has 1 aliphatic carbocycles. The standard InChI is InChI=1S/C15H25NO6/c1-3-5-6-7-21-13-11(17)9(14(18)20-4-2)8-10-12(13)22-15(19)16-10/h9-13,17H,3-8H2,1-2H3,(H,16,19)/t9-,10+,11-,12+,13-/m1/s1. The zero-order chi connectivity index (χ0) is 16.1. The minimum Gasteiger partial charge on any atom is -0.466 e. The van der Waals surface area contributed by atoms with Crippen molar-refractivity contribution in [3.63, 3.8) is 0 Å². The molecular weight excluding hydrogens is 290 g/mol. The SMILES string of the molecule is CCCCCO[C@@H]1[C@H](O)[C@H](C(=O)OCC)C[C@@H]2NC(=O)O[C@H]12. The summed E-state index contributed by atoms with van der Waals surface area (Å²) in [5.74, 6) is -1.17. The second-order valence-corrected chi connectivity index (χ2v) is 5.75. The van der Waals surface area contributed by atoms with Crippen LogP contribution in [-0.4, -0.2) is 54.7 Å². The zero-order valence-corrected chi connectivity index (χ0v) is 13.1. The number of hydrogen-bond acceptors (Lipinski definition) is 6. The van der Waals surface area contributed by atoms with E-state index in [2.05, 4.69) is 12.2 Å². The monoisotopic (exact) mass is 315 g/mol. The Morgan fingerprint density at radius 3 is 2.86 bits per heavy atom. The van der Waals surface area contributed by atoms with Crippen molar-refractivity contribution in [3.05, 3.63) is 0 Å². The van der Waals surface area contributed by atoms with Crippen LogP contribution in [0.2, 0.25) is 0 Å². The molecule has 1 saturated carbocycles. The van der Waals surface area contributed by atoms with Gasteiger partial charge < -0.3 is 24.6 Å². The fraction of sp³-hybridized carbons (Fsp3) is 0.867. The lowest BCUT2D eigenvalue weighted by Crippen LogP contribution is -2.57. The van der Waals surface area contributed by atoms with E-state index in [1.165, 1.54) is 0 Å². The molecule has 0 aromatic rings. The molecule has 0 spiro atoms. The molecule has 126 valence electrons. The van der Waals surface area contributed by atoms with Crippen LogP contribution in [0.3, 0.4) is 0 Å². The Hall–Kier alpha value is -1.34. The largest absolute Gasteiger partial charge is 0.466 e. The number of fused-ring (bicyclic) bond motifs is 1. The summed E-state index contributed by atoms with van der Waals surface area (Å²) in [7, 11) is 0. The molecule has 22 heavy (non-hydrogen) atoms. The third-order valence-electron chi connectivity index (χ3n) is 4.17. The van der Waals surface area contributed by atoms with E-state index in [0.717, 1.165) is 19.3 Å². The van der Waals surface area contributed by atoms with Crippen molar-refractivity contribution in [2.75, 3.05) is 13.2 Å². The number of amides is 1. The van der Waals surface area contributed by atoms with E-state index in [0.29, 0.717) is 13.0 Å². The van der Waals surface area contributed by atoms with Crippen LogP contribution in [0, 0.1) is 5.92 Å². The van der Waals surface area contributed by atoms with E-state index >= 15 is 0 Å². The van der Waals surface area contributed by atoms with Gasteiger partial charge in [0.1, 0.15) is 6.10 Å². The van der Waals surface area contributed by atoms with Crippen LogP contribution < -0.4 is 5.32 Å². The molecule has 5 atom stereocenters. The predicted molar refractivity (Wildman–Crippen MR) is 77.2 cm³/mol. The Kier molecular flexibility index (Phi) is 6.02. The first-order valence-corrected chi connectivity index (χ1v) is 8.01. The van der Waals surface area contributed by atoms with Gasteiger partial charge in [0, 0.05) is 6.61 Å². The molecule has 2 aliphatic rings. The van der Waals surface area contributed by atoms with Gasteiger partial charge in [-0.1, -0.05) is 19.8 Å². The lowest BCUT2D eigenvalue weighted by atomic mass is 9.79. The number of esters is 1. The average molecular weight is 315 g/mol. The number of ether oxygens (including phenoxy) is 3. The maximum atomic E-state index is 12.0. The van der Waals surface area contributed by atoms with Crippen LogP contribution in [-0.2, 0) is 19.0 Å². The van der Waals surface area contributed by atoms with Crippen LogP contribution in [0.1, 0.15) is 39.5 Å². The van der Waals surface area contributed by atoms with E-state index in [1.54, 1.807) is 6.92 Å². The summed E-state index contributed by atoms with van der Waals surface area (Å²) in [6.45, 7) is 4.52. The van der Waals surface area contributed by atoms with E-state index < -0.39 is 36.3 Å². The average Bonchev–Trinajstić information content (AvgIpc) is 2.85. The first-order valence-electron chi connectivity index (χ1n) is 8.01. The Labute approximate surface area is 130 Å². The van der Waals surface area contributed by atoms with Gasteiger partial charge in [-0.25, -0.2) is 4.79 Å². The maximum absolute atomic E-state index is 12.0. The third kappa shape index (κ3) is 3.70. The van der Waals surface area contributed by atoms with Gasteiger partial charge in [-0.2, -0.15) is 0 Å². The highest BCUT2D eigenvalue weighted by molar-refractivity contribution is 5.75. The smallest absolute Gasteiger partial charge is 0.407 e.